The molecule has 6 nitrogen and oxygen atoms in total. The minimum absolute atomic E-state index is 0.0405. The van der Waals surface area contributed by atoms with E-state index in [2.05, 4.69) is 20.5 Å². The van der Waals surface area contributed by atoms with Crippen LogP contribution in [-0.2, 0) is 30.2 Å². The summed E-state index contributed by atoms with van der Waals surface area (Å²) in [4.78, 5) is 11.3. The van der Waals surface area contributed by atoms with Crippen LogP contribution >= 0.6 is 0 Å². The van der Waals surface area contributed by atoms with Gasteiger partial charge in [-0.05, 0) is 13.3 Å². The number of aromatic nitrogens is 2. The number of methoxy groups -OCH3 is 1. The van der Waals surface area contributed by atoms with Crippen LogP contribution in [0, 0.1) is 5.41 Å². The van der Waals surface area contributed by atoms with Gasteiger partial charge in [0.1, 0.15) is 5.69 Å². The lowest BCUT2D eigenvalue weighted by Crippen LogP contribution is -2.38. The Kier molecular flexibility index (Phi) is 4.27. The monoisotopic (exact) mass is 342 g/mol. The Morgan fingerprint density at radius 3 is 2.96 bits per heavy atom. The summed E-state index contributed by atoms with van der Waals surface area (Å²) in [6.45, 7) is 4.97. The smallest absolute Gasteiger partial charge is 0.406 e. The van der Waals surface area contributed by atoms with Crippen LogP contribution in [0.25, 0.3) is 0 Å². The summed E-state index contributed by atoms with van der Waals surface area (Å²) in [6, 6.07) is 0.234. The van der Waals surface area contributed by atoms with Gasteiger partial charge in [-0.3, -0.25) is 4.68 Å². The molecule has 0 unspecified atom stereocenters. The number of carbonyl (C=O) groups is 1. The van der Waals surface area contributed by atoms with Gasteiger partial charge in [-0.1, -0.05) is 6.92 Å². The van der Waals surface area contributed by atoms with Crippen LogP contribution in [0.15, 0.2) is 0 Å². The fourth-order valence-corrected chi connectivity index (χ4v) is 3.58. The van der Waals surface area contributed by atoms with E-state index in [9.17, 15) is 13.6 Å². The summed E-state index contributed by atoms with van der Waals surface area (Å²) in [5.74, 6) is -2.91. The number of alkyl halides is 2. The van der Waals surface area contributed by atoms with Crippen LogP contribution in [0.4, 0.5) is 13.6 Å². The Hall–Kier alpha value is -1.70. The van der Waals surface area contributed by atoms with Gasteiger partial charge >= 0.3 is 6.09 Å². The Morgan fingerprint density at radius 1 is 1.50 bits per heavy atom. The second kappa shape index (κ2) is 5.98. The summed E-state index contributed by atoms with van der Waals surface area (Å²) in [5, 5.41) is 10.4. The zero-order chi connectivity index (χ0) is 17.5. The average Bonchev–Trinajstić information content (AvgIpc) is 2.83. The standard InChI is InChI=1S/C16H24F2N4O2/c1-10-6-12-11(7-19-10)13-16(17,18)5-4-15(2,9-22(13)21-12)8-20-14(23)24-3/h10,19H,4-9H2,1-3H3,(H,20,23)/t10-,15-/m1/s1. The maximum atomic E-state index is 14.8. The number of hydrogen-bond donors (Lipinski definition) is 2. The Balaban J connectivity index is 1.92. The molecule has 0 aliphatic carbocycles. The van der Waals surface area contributed by atoms with Crippen LogP contribution in [0.1, 0.15) is 43.6 Å². The topological polar surface area (TPSA) is 68.2 Å². The number of amides is 1. The number of nitrogens with one attached hydrogen (secondary N) is 2. The molecule has 0 radical (unpaired) electrons. The Labute approximate surface area is 139 Å². The van der Waals surface area contributed by atoms with Crippen molar-refractivity contribution in [3.8, 4) is 0 Å². The van der Waals surface area contributed by atoms with Gasteiger partial charge in [0.15, 0.2) is 0 Å². The molecule has 8 heteroatoms. The van der Waals surface area contributed by atoms with E-state index in [4.69, 9.17) is 0 Å². The molecule has 134 valence electrons. The highest BCUT2D eigenvalue weighted by molar-refractivity contribution is 5.66. The maximum Gasteiger partial charge on any atom is 0.406 e. The van der Waals surface area contributed by atoms with Crippen LogP contribution < -0.4 is 10.6 Å². The number of fused-ring (bicyclic) bond motifs is 3. The SMILES string of the molecule is COC(=O)NC[C@@]1(C)CCC(F)(F)c2c3c(nn2C1)C[C@@H](C)NC3. The van der Waals surface area contributed by atoms with Crippen molar-refractivity contribution in [2.24, 2.45) is 5.41 Å². The number of nitrogens with zero attached hydrogens (tertiary/aromatic N) is 2. The third kappa shape index (κ3) is 3.11. The number of rotatable bonds is 2. The molecule has 3 heterocycles. The molecular weight excluding hydrogens is 318 g/mol. The van der Waals surface area contributed by atoms with E-state index in [0.29, 0.717) is 31.5 Å². The molecule has 1 aromatic heterocycles. The van der Waals surface area contributed by atoms with E-state index in [1.54, 1.807) is 0 Å². The van der Waals surface area contributed by atoms with E-state index in [0.717, 1.165) is 5.69 Å². The molecule has 2 atom stereocenters. The third-order valence-electron chi connectivity index (χ3n) is 5.03. The summed E-state index contributed by atoms with van der Waals surface area (Å²) < 4.78 is 35.6. The van der Waals surface area contributed by atoms with Crippen molar-refractivity contribution in [3.63, 3.8) is 0 Å². The zero-order valence-corrected chi connectivity index (χ0v) is 14.3. The molecule has 2 aliphatic rings. The first kappa shape index (κ1) is 17.1. The molecule has 0 spiro atoms. The van der Waals surface area contributed by atoms with Gasteiger partial charge in [0, 0.05) is 49.5 Å². The van der Waals surface area contributed by atoms with Crippen molar-refractivity contribution in [3.05, 3.63) is 17.0 Å². The van der Waals surface area contributed by atoms with Crippen molar-refractivity contribution in [2.75, 3.05) is 13.7 Å². The number of carbonyl (C=O) groups excluding carboxylic acids is 1. The van der Waals surface area contributed by atoms with Gasteiger partial charge in [0.25, 0.3) is 5.92 Å². The lowest BCUT2D eigenvalue weighted by molar-refractivity contribution is -0.0240. The summed E-state index contributed by atoms with van der Waals surface area (Å²) >= 11 is 0. The number of alkyl carbamates (subject to hydrolysis) is 1. The van der Waals surface area contributed by atoms with E-state index in [-0.39, 0.29) is 24.7 Å². The Morgan fingerprint density at radius 2 is 2.25 bits per heavy atom. The molecule has 2 aliphatic heterocycles. The minimum Gasteiger partial charge on any atom is -0.453 e. The number of ether oxygens (including phenoxy) is 1. The van der Waals surface area contributed by atoms with Crippen LogP contribution in [0.5, 0.6) is 0 Å². The van der Waals surface area contributed by atoms with E-state index >= 15 is 0 Å². The van der Waals surface area contributed by atoms with Gasteiger partial charge in [0.2, 0.25) is 0 Å². The zero-order valence-electron chi connectivity index (χ0n) is 14.3. The molecule has 1 aromatic rings. The normalized spacial score (nSPS) is 28.5. The van der Waals surface area contributed by atoms with E-state index in [1.807, 2.05) is 13.8 Å². The first-order valence-corrected chi connectivity index (χ1v) is 8.26. The largest absolute Gasteiger partial charge is 0.453 e. The molecule has 0 saturated carbocycles. The van der Waals surface area contributed by atoms with Crippen molar-refractivity contribution in [2.45, 2.75) is 58.2 Å². The van der Waals surface area contributed by atoms with E-state index in [1.165, 1.54) is 11.8 Å². The lowest BCUT2D eigenvalue weighted by Gasteiger charge is -2.28. The molecule has 3 rings (SSSR count). The molecule has 2 N–H and O–H groups in total. The minimum atomic E-state index is -2.91. The average molecular weight is 342 g/mol. The first-order chi connectivity index (χ1) is 11.2. The molecule has 24 heavy (non-hydrogen) atoms. The fraction of sp³-hybridized carbons (Fsp3) is 0.750. The van der Waals surface area contributed by atoms with Gasteiger partial charge < -0.3 is 15.4 Å². The lowest BCUT2D eigenvalue weighted by atomic mass is 9.84. The Bertz CT molecular complexity index is 646. The number of hydrogen-bond acceptors (Lipinski definition) is 4. The summed E-state index contributed by atoms with van der Waals surface area (Å²) in [5.41, 5.74) is 0.944. The first-order valence-electron chi connectivity index (χ1n) is 8.26. The second-order valence-corrected chi connectivity index (χ2v) is 7.28. The molecule has 0 bridgehead atoms. The van der Waals surface area contributed by atoms with E-state index < -0.39 is 17.4 Å². The van der Waals surface area contributed by atoms with Crippen molar-refractivity contribution < 1.29 is 18.3 Å². The quantitative estimate of drug-likeness (QED) is 0.864. The molecule has 1 amide bonds. The van der Waals surface area contributed by atoms with Crippen molar-refractivity contribution in [1.82, 2.24) is 20.4 Å². The predicted octanol–water partition coefficient (Wildman–Crippen LogP) is 2.17. The predicted molar refractivity (Wildman–Crippen MR) is 83.9 cm³/mol. The summed E-state index contributed by atoms with van der Waals surface area (Å²) in [7, 11) is 1.28. The van der Waals surface area contributed by atoms with Crippen LogP contribution in [-0.4, -0.2) is 35.6 Å². The highest BCUT2D eigenvalue weighted by Gasteiger charge is 2.46. The highest BCUT2D eigenvalue weighted by Crippen LogP contribution is 2.44. The summed E-state index contributed by atoms with van der Waals surface area (Å²) in [6.07, 6.45) is 0.152. The van der Waals surface area contributed by atoms with Crippen molar-refractivity contribution >= 4 is 6.09 Å². The van der Waals surface area contributed by atoms with Gasteiger partial charge in [-0.2, -0.15) is 13.9 Å². The van der Waals surface area contributed by atoms with Crippen molar-refractivity contribution in [1.29, 1.82) is 0 Å². The molecule has 0 aromatic carbocycles. The van der Waals surface area contributed by atoms with Gasteiger partial charge in [-0.25, -0.2) is 4.79 Å². The highest BCUT2D eigenvalue weighted by atomic mass is 19.3. The van der Waals surface area contributed by atoms with Crippen LogP contribution in [0.2, 0.25) is 0 Å². The molecular formula is C16H24F2N4O2. The molecule has 0 fully saturated rings. The third-order valence-corrected chi connectivity index (χ3v) is 5.03. The fourth-order valence-electron chi connectivity index (χ4n) is 3.58. The van der Waals surface area contributed by atoms with Gasteiger partial charge in [-0.15, -0.1) is 0 Å². The van der Waals surface area contributed by atoms with Gasteiger partial charge in [0.05, 0.1) is 12.8 Å². The molecule has 0 saturated heterocycles. The maximum absolute atomic E-state index is 14.8. The second-order valence-electron chi connectivity index (χ2n) is 7.28. The van der Waals surface area contributed by atoms with Crippen LogP contribution in [0.3, 0.4) is 0 Å². The number of halogens is 2.